The highest BCUT2D eigenvalue weighted by atomic mass is 16.5. The Morgan fingerprint density at radius 1 is 1.17 bits per heavy atom. The Labute approximate surface area is 140 Å². The van der Waals surface area contributed by atoms with Crippen molar-refractivity contribution in [2.24, 2.45) is 0 Å². The van der Waals surface area contributed by atoms with E-state index in [1.807, 2.05) is 29.2 Å². The minimum atomic E-state index is 0.00220. The van der Waals surface area contributed by atoms with E-state index < -0.39 is 0 Å². The van der Waals surface area contributed by atoms with Crippen LogP contribution in [0.3, 0.4) is 0 Å². The van der Waals surface area contributed by atoms with Gasteiger partial charge in [0.1, 0.15) is 0 Å². The summed E-state index contributed by atoms with van der Waals surface area (Å²) in [7, 11) is 0. The summed E-state index contributed by atoms with van der Waals surface area (Å²) in [6, 6.07) is 7.45. The van der Waals surface area contributed by atoms with Gasteiger partial charge in [-0.05, 0) is 43.4 Å². The van der Waals surface area contributed by atoms with Crippen LogP contribution in [-0.4, -0.2) is 56.7 Å². The summed E-state index contributed by atoms with van der Waals surface area (Å²) in [5.41, 5.74) is 1.34. The van der Waals surface area contributed by atoms with Crippen molar-refractivity contribution in [3.63, 3.8) is 0 Å². The number of tetrazole rings is 1. The molecule has 1 amide bonds. The predicted octanol–water partition coefficient (Wildman–Crippen LogP) is 2.04. The molecule has 1 unspecified atom stereocenters. The van der Waals surface area contributed by atoms with Gasteiger partial charge in [-0.1, -0.05) is 18.2 Å². The zero-order valence-corrected chi connectivity index (χ0v) is 13.6. The van der Waals surface area contributed by atoms with Crippen LogP contribution in [0.4, 0.5) is 0 Å². The van der Waals surface area contributed by atoms with E-state index in [1.54, 1.807) is 0 Å². The Kier molecular flexibility index (Phi) is 4.02. The van der Waals surface area contributed by atoms with Crippen LogP contribution in [0.15, 0.2) is 24.3 Å². The summed E-state index contributed by atoms with van der Waals surface area (Å²) < 4.78 is 6.01. The number of carbonyl (C=O) groups is 1. The molecule has 3 heterocycles. The second-order valence-electron chi connectivity index (χ2n) is 6.56. The highest BCUT2D eigenvalue weighted by molar-refractivity contribution is 6.00. The van der Waals surface area contributed by atoms with E-state index in [1.165, 1.54) is 0 Å². The van der Waals surface area contributed by atoms with Gasteiger partial charge in [0.05, 0.1) is 11.2 Å². The molecule has 7 heteroatoms. The van der Waals surface area contributed by atoms with Crippen LogP contribution in [0.1, 0.15) is 42.5 Å². The molecule has 1 aromatic carbocycles. The average molecular weight is 327 g/mol. The van der Waals surface area contributed by atoms with Gasteiger partial charge < -0.3 is 9.64 Å². The number of nitrogens with zero attached hydrogens (tertiary/aromatic N) is 4. The van der Waals surface area contributed by atoms with Crippen molar-refractivity contribution in [1.29, 1.82) is 0 Å². The monoisotopic (exact) mass is 327 g/mol. The first-order valence-corrected chi connectivity index (χ1v) is 8.54. The lowest BCUT2D eigenvalue weighted by Crippen LogP contribution is -2.34. The molecule has 1 N–H and O–H groups in total. The van der Waals surface area contributed by atoms with Crippen LogP contribution in [0.5, 0.6) is 0 Å². The molecule has 2 fully saturated rings. The molecule has 7 nitrogen and oxygen atoms in total. The van der Waals surface area contributed by atoms with Crippen LogP contribution in [0.2, 0.25) is 0 Å². The summed E-state index contributed by atoms with van der Waals surface area (Å²) in [5, 5.41) is 14.1. The third-order valence-electron chi connectivity index (χ3n) is 5.11. The van der Waals surface area contributed by atoms with E-state index in [0.717, 1.165) is 51.8 Å². The number of amides is 1. The quantitative estimate of drug-likeness (QED) is 0.912. The van der Waals surface area contributed by atoms with Crippen molar-refractivity contribution < 1.29 is 9.53 Å². The van der Waals surface area contributed by atoms with Gasteiger partial charge in [0, 0.05) is 25.3 Å². The first-order chi connectivity index (χ1) is 11.8. The Bertz CT molecular complexity index is 710. The van der Waals surface area contributed by atoms with Crippen molar-refractivity contribution in [3.05, 3.63) is 29.8 Å². The number of hydrogen-bond donors (Lipinski definition) is 1. The van der Waals surface area contributed by atoms with Crippen molar-refractivity contribution in [2.75, 3.05) is 19.7 Å². The fourth-order valence-electron chi connectivity index (χ4n) is 3.83. The van der Waals surface area contributed by atoms with E-state index in [2.05, 4.69) is 20.6 Å². The van der Waals surface area contributed by atoms with Crippen LogP contribution in [0.25, 0.3) is 11.4 Å². The van der Waals surface area contributed by atoms with E-state index in [4.69, 9.17) is 4.74 Å². The molecular weight excluding hydrogens is 306 g/mol. The van der Waals surface area contributed by atoms with Gasteiger partial charge >= 0.3 is 0 Å². The fraction of sp³-hybridized carbons (Fsp3) is 0.529. The van der Waals surface area contributed by atoms with Crippen molar-refractivity contribution in [1.82, 2.24) is 25.5 Å². The third-order valence-corrected chi connectivity index (χ3v) is 5.11. The van der Waals surface area contributed by atoms with Crippen LogP contribution < -0.4 is 0 Å². The Morgan fingerprint density at radius 3 is 2.83 bits per heavy atom. The maximum Gasteiger partial charge on any atom is 0.254 e. The SMILES string of the molecule is O=C(c1ccccc1-c1nn[nH]n1)N1CCCC2(CCCO2)CC1. The number of ether oxygens (including phenoxy) is 1. The predicted molar refractivity (Wildman–Crippen MR) is 87.3 cm³/mol. The highest BCUT2D eigenvalue weighted by Gasteiger charge is 2.37. The fourth-order valence-corrected chi connectivity index (χ4v) is 3.83. The second kappa shape index (κ2) is 6.32. The molecule has 24 heavy (non-hydrogen) atoms. The molecule has 4 rings (SSSR count). The van der Waals surface area contributed by atoms with E-state index >= 15 is 0 Å². The summed E-state index contributed by atoms with van der Waals surface area (Å²) in [6.45, 7) is 2.36. The van der Waals surface area contributed by atoms with Gasteiger partial charge in [0.25, 0.3) is 5.91 Å². The van der Waals surface area contributed by atoms with Crippen LogP contribution in [0, 0.1) is 0 Å². The normalized spacial score (nSPS) is 24.2. The molecule has 1 spiro atoms. The number of nitrogens with one attached hydrogen (secondary N) is 1. The average Bonchev–Trinajstić information content (AvgIpc) is 3.25. The van der Waals surface area contributed by atoms with Crippen LogP contribution >= 0.6 is 0 Å². The molecule has 2 aromatic rings. The maximum atomic E-state index is 13.1. The highest BCUT2D eigenvalue weighted by Crippen LogP contribution is 2.36. The first-order valence-electron chi connectivity index (χ1n) is 8.54. The molecule has 0 saturated carbocycles. The van der Waals surface area contributed by atoms with Crippen molar-refractivity contribution in [3.8, 4) is 11.4 Å². The molecule has 0 bridgehead atoms. The van der Waals surface area contributed by atoms with Gasteiger partial charge in [-0.2, -0.15) is 5.21 Å². The number of carbonyl (C=O) groups excluding carboxylic acids is 1. The summed E-state index contributed by atoms with van der Waals surface area (Å²) in [6.07, 6.45) is 5.20. The number of hydrogen-bond acceptors (Lipinski definition) is 5. The minimum absolute atomic E-state index is 0.00220. The maximum absolute atomic E-state index is 13.1. The smallest absolute Gasteiger partial charge is 0.254 e. The van der Waals surface area contributed by atoms with Gasteiger partial charge in [-0.15, -0.1) is 10.2 Å². The molecule has 0 radical (unpaired) electrons. The lowest BCUT2D eigenvalue weighted by atomic mass is 9.92. The Balaban J connectivity index is 1.56. The molecule has 2 saturated heterocycles. The molecule has 0 aliphatic carbocycles. The van der Waals surface area contributed by atoms with E-state index in [-0.39, 0.29) is 11.5 Å². The molecule has 2 aliphatic rings. The number of likely N-dealkylation sites (tertiary alicyclic amines) is 1. The summed E-state index contributed by atoms with van der Waals surface area (Å²) in [4.78, 5) is 15.0. The molecule has 1 atom stereocenters. The number of H-pyrrole nitrogens is 1. The lowest BCUT2D eigenvalue weighted by Gasteiger charge is -2.27. The lowest BCUT2D eigenvalue weighted by molar-refractivity contribution is -0.00691. The van der Waals surface area contributed by atoms with Gasteiger partial charge in [-0.25, -0.2) is 0 Å². The number of benzene rings is 1. The van der Waals surface area contributed by atoms with E-state index in [9.17, 15) is 4.79 Å². The number of aromatic nitrogens is 4. The standard InChI is InChI=1S/C17H21N5O2/c23-16(14-6-2-1-5-13(14)15-18-20-21-19-15)22-10-3-7-17(9-11-22)8-4-12-24-17/h1-2,5-6H,3-4,7-12H2,(H,18,19,20,21). The minimum Gasteiger partial charge on any atom is -0.375 e. The van der Waals surface area contributed by atoms with Gasteiger partial charge in [0.2, 0.25) is 5.82 Å². The third kappa shape index (κ3) is 2.80. The zero-order chi connectivity index (χ0) is 16.4. The number of rotatable bonds is 2. The molecule has 1 aromatic heterocycles. The Morgan fingerprint density at radius 2 is 2.04 bits per heavy atom. The summed E-state index contributed by atoms with van der Waals surface area (Å²) in [5.74, 6) is 0.481. The largest absolute Gasteiger partial charge is 0.375 e. The molecule has 2 aliphatic heterocycles. The molecular formula is C17H21N5O2. The van der Waals surface area contributed by atoms with Crippen molar-refractivity contribution in [2.45, 2.75) is 37.7 Å². The van der Waals surface area contributed by atoms with Gasteiger partial charge in [0.15, 0.2) is 0 Å². The first kappa shape index (κ1) is 15.3. The Hall–Kier alpha value is -2.28. The second-order valence-corrected chi connectivity index (χ2v) is 6.56. The van der Waals surface area contributed by atoms with Crippen molar-refractivity contribution >= 4 is 5.91 Å². The topological polar surface area (TPSA) is 84.0 Å². The summed E-state index contributed by atoms with van der Waals surface area (Å²) >= 11 is 0. The van der Waals surface area contributed by atoms with Gasteiger partial charge in [-0.3, -0.25) is 4.79 Å². The zero-order valence-electron chi connectivity index (χ0n) is 13.6. The number of aromatic amines is 1. The van der Waals surface area contributed by atoms with Crippen LogP contribution in [-0.2, 0) is 4.74 Å². The molecule has 126 valence electrons. The van der Waals surface area contributed by atoms with E-state index in [0.29, 0.717) is 17.0 Å².